The van der Waals surface area contributed by atoms with Gasteiger partial charge in [0, 0.05) is 12.8 Å². The van der Waals surface area contributed by atoms with E-state index in [9.17, 15) is 19.2 Å². The highest BCUT2D eigenvalue weighted by atomic mass is 16.5. The number of ketones is 1. The van der Waals surface area contributed by atoms with E-state index < -0.39 is 35.8 Å². The van der Waals surface area contributed by atoms with E-state index in [1.807, 2.05) is 44.2 Å². The molecule has 47 heavy (non-hydrogen) atoms. The molecule has 4 rings (SSSR count). The minimum atomic E-state index is -1.09. The van der Waals surface area contributed by atoms with Crippen molar-refractivity contribution in [3.05, 3.63) is 120 Å². The van der Waals surface area contributed by atoms with E-state index in [0.717, 1.165) is 11.1 Å². The number of rotatable bonds is 16. The molecule has 3 atom stereocenters. The lowest BCUT2D eigenvalue weighted by Gasteiger charge is -2.26. The van der Waals surface area contributed by atoms with Crippen LogP contribution in [0.4, 0.5) is 0 Å². The number of Topliss-reactive ketones (excluding diaryl/α,β-unsaturated/α-hetero) is 1. The monoisotopic (exact) mass is 639 g/mol. The molecule has 10 nitrogen and oxygen atoms in total. The normalized spacial score (nSPS) is 12.8. The van der Waals surface area contributed by atoms with E-state index in [1.165, 1.54) is 13.4 Å². The molecule has 4 aromatic rings. The first-order valence-electron chi connectivity index (χ1n) is 15.5. The van der Waals surface area contributed by atoms with Gasteiger partial charge in [0.1, 0.15) is 23.6 Å². The Morgan fingerprint density at radius 2 is 1.26 bits per heavy atom. The minimum Gasteiger partial charge on any atom is -0.497 e. The molecule has 3 aromatic carbocycles. The molecule has 1 aromatic heterocycles. The quantitative estimate of drug-likeness (QED) is 0.150. The van der Waals surface area contributed by atoms with E-state index in [1.54, 1.807) is 67.8 Å². The average molecular weight is 640 g/mol. The number of carbonyl (C=O) groups is 4. The summed E-state index contributed by atoms with van der Waals surface area (Å²) in [5.74, 6) is -0.770. The molecule has 0 saturated heterocycles. The molecule has 1 heterocycles. The summed E-state index contributed by atoms with van der Waals surface area (Å²) in [4.78, 5) is 54.7. The smallest absolute Gasteiger partial charge is 0.255 e. The van der Waals surface area contributed by atoms with Crippen LogP contribution >= 0.6 is 0 Å². The zero-order chi connectivity index (χ0) is 33.8. The van der Waals surface area contributed by atoms with Crippen molar-refractivity contribution in [2.24, 2.45) is 5.92 Å². The summed E-state index contributed by atoms with van der Waals surface area (Å²) in [5, 5.41) is 8.57. The van der Waals surface area contributed by atoms with E-state index in [2.05, 4.69) is 16.0 Å². The lowest BCUT2D eigenvalue weighted by molar-refractivity contribution is -0.130. The molecular formula is C37H41N3O7. The molecule has 0 aliphatic heterocycles. The molecule has 0 radical (unpaired) electrons. The standard InChI is InChI=1S/C37H41N3O7/c1-24(2)21-29(34(41)33-15-10-20-47-33)38-36(43)31(23-26-16-18-27(45-3)19-17-26)40-37(44)30(22-25-11-6-5-7-12-25)39-35(42)28-13-8-9-14-32(28)46-4/h5-20,24,29-31H,21-23H2,1-4H3,(H,38,43)(H,39,42)(H,40,44)/t29-,30-,31-/m0/s1. The third-order valence-corrected chi connectivity index (χ3v) is 7.59. The van der Waals surface area contributed by atoms with Crippen LogP contribution in [0.1, 0.15) is 52.3 Å². The van der Waals surface area contributed by atoms with Crippen LogP contribution in [0.15, 0.2) is 102 Å². The Balaban J connectivity index is 1.62. The van der Waals surface area contributed by atoms with Crippen molar-refractivity contribution < 1.29 is 33.1 Å². The Kier molecular flexibility index (Phi) is 12.3. The predicted octanol–water partition coefficient (Wildman–Crippen LogP) is 4.78. The Hall–Kier alpha value is -5.38. The number of methoxy groups -OCH3 is 2. The SMILES string of the molecule is COc1ccc(C[C@H](NC(=O)[C@H](Cc2ccccc2)NC(=O)c2ccccc2OC)C(=O)N[C@@H](CC(C)C)C(=O)c2ccco2)cc1. The Morgan fingerprint density at radius 3 is 1.85 bits per heavy atom. The van der Waals surface area contributed by atoms with Gasteiger partial charge in [0.25, 0.3) is 5.91 Å². The Morgan fingerprint density at radius 1 is 0.660 bits per heavy atom. The van der Waals surface area contributed by atoms with Crippen LogP contribution in [0.3, 0.4) is 0 Å². The molecular weight excluding hydrogens is 598 g/mol. The summed E-state index contributed by atoms with van der Waals surface area (Å²) in [6.07, 6.45) is 2.04. The first-order chi connectivity index (χ1) is 22.7. The van der Waals surface area contributed by atoms with Crippen molar-refractivity contribution in [3.63, 3.8) is 0 Å². The van der Waals surface area contributed by atoms with Crippen molar-refractivity contribution in [2.75, 3.05) is 14.2 Å². The molecule has 0 aliphatic rings. The molecule has 3 amide bonds. The largest absolute Gasteiger partial charge is 0.497 e. The molecule has 3 N–H and O–H groups in total. The highest BCUT2D eigenvalue weighted by Crippen LogP contribution is 2.19. The summed E-state index contributed by atoms with van der Waals surface area (Å²) >= 11 is 0. The highest BCUT2D eigenvalue weighted by molar-refractivity contribution is 6.02. The van der Waals surface area contributed by atoms with Gasteiger partial charge in [-0.3, -0.25) is 19.2 Å². The molecule has 0 aliphatic carbocycles. The van der Waals surface area contributed by atoms with Crippen molar-refractivity contribution in [3.8, 4) is 11.5 Å². The molecule has 0 fully saturated rings. The van der Waals surface area contributed by atoms with Crippen molar-refractivity contribution in [1.82, 2.24) is 16.0 Å². The van der Waals surface area contributed by atoms with Crippen LogP contribution in [0.2, 0.25) is 0 Å². The average Bonchev–Trinajstić information content (AvgIpc) is 3.63. The predicted molar refractivity (Wildman–Crippen MR) is 177 cm³/mol. The van der Waals surface area contributed by atoms with E-state index in [4.69, 9.17) is 13.9 Å². The second-order valence-corrected chi connectivity index (χ2v) is 11.6. The summed E-state index contributed by atoms with van der Waals surface area (Å²) in [6, 6.07) is 23.3. The second kappa shape index (κ2) is 16.8. The van der Waals surface area contributed by atoms with Crippen LogP contribution < -0.4 is 25.4 Å². The van der Waals surface area contributed by atoms with Crippen LogP contribution in [0.25, 0.3) is 0 Å². The third-order valence-electron chi connectivity index (χ3n) is 7.59. The number of hydrogen-bond donors (Lipinski definition) is 3. The van der Waals surface area contributed by atoms with Gasteiger partial charge in [-0.1, -0.05) is 68.4 Å². The lowest BCUT2D eigenvalue weighted by Crippen LogP contribution is -2.57. The summed E-state index contributed by atoms with van der Waals surface area (Å²) < 4.78 is 16.0. The fraction of sp³-hybridized carbons (Fsp3) is 0.297. The maximum absolute atomic E-state index is 14.0. The van der Waals surface area contributed by atoms with E-state index in [-0.39, 0.29) is 35.9 Å². The summed E-state index contributed by atoms with van der Waals surface area (Å²) in [5.41, 5.74) is 1.83. The molecule has 0 spiro atoms. The van der Waals surface area contributed by atoms with Crippen LogP contribution in [-0.2, 0) is 22.4 Å². The number of nitrogens with one attached hydrogen (secondary N) is 3. The Labute approximate surface area is 274 Å². The fourth-order valence-electron chi connectivity index (χ4n) is 5.17. The zero-order valence-electron chi connectivity index (χ0n) is 27.0. The number of hydrogen-bond acceptors (Lipinski definition) is 7. The number of furan rings is 1. The van der Waals surface area contributed by atoms with E-state index >= 15 is 0 Å². The van der Waals surface area contributed by atoms with Gasteiger partial charge < -0.3 is 29.8 Å². The van der Waals surface area contributed by atoms with Gasteiger partial charge in [-0.15, -0.1) is 0 Å². The summed E-state index contributed by atoms with van der Waals surface area (Å²) in [7, 11) is 3.02. The van der Waals surface area contributed by atoms with Gasteiger partial charge >= 0.3 is 0 Å². The maximum atomic E-state index is 14.0. The lowest BCUT2D eigenvalue weighted by atomic mass is 9.97. The molecule has 10 heteroatoms. The Bertz CT molecular complexity index is 1620. The number of benzene rings is 3. The van der Waals surface area contributed by atoms with Gasteiger partial charge in [0.05, 0.1) is 32.1 Å². The molecule has 0 bridgehead atoms. The van der Waals surface area contributed by atoms with Gasteiger partial charge in [0.15, 0.2) is 5.76 Å². The minimum absolute atomic E-state index is 0.0780. The van der Waals surface area contributed by atoms with Gasteiger partial charge in [-0.25, -0.2) is 0 Å². The molecule has 0 unspecified atom stereocenters. The number of amides is 3. The summed E-state index contributed by atoms with van der Waals surface area (Å²) in [6.45, 7) is 3.90. The van der Waals surface area contributed by atoms with Crippen molar-refractivity contribution >= 4 is 23.5 Å². The molecule has 246 valence electrons. The van der Waals surface area contributed by atoms with Crippen molar-refractivity contribution in [2.45, 2.75) is 51.2 Å². The first-order valence-corrected chi connectivity index (χ1v) is 15.5. The maximum Gasteiger partial charge on any atom is 0.255 e. The van der Waals surface area contributed by atoms with Gasteiger partial charge in [-0.05, 0) is 59.9 Å². The second-order valence-electron chi connectivity index (χ2n) is 11.6. The number of carbonyl (C=O) groups excluding carboxylic acids is 4. The number of para-hydroxylation sites is 1. The first kappa shape index (κ1) is 34.5. The zero-order valence-corrected chi connectivity index (χ0v) is 27.0. The fourth-order valence-corrected chi connectivity index (χ4v) is 5.17. The van der Waals surface area contributed by atoms with Crippen LogP contribution in [0, 0.1) is 5.92 Å². The third kappa shape index (κ3) is 9.80. The number of ether oxygens (including phenoxy) is 2. The molecule has 0 saturated carbocycles. The van der Waals surface area contributed by atoms with Crippen molar-refractivity contribution in [1.29, 1.82) is 0 Å². The van der Waals surface area contributed by atoms with E-state index in [0.29, 0.717) is 17.9 Å². The van der Waals surface area contributed by atoms with Crippen LogP contribution in [0.5, 0.6) is 11.5 Å². The topological polar surface area (TPSA) is 136 Å². The van der Waals surface area contributed by atoms with Gasteiger partial charge in [-0.2, -0.15) is 0 Å². The van der Waals surface area contributed by atoms with Gasteiger partial charge in [0.2, 0.25) is 17.6 Å². The highest BCUT2D eigenvalue weighted by Gasteiger charge is 2.32. The van der Waals surface area contributed by atoms with Crippen LogP contribution in [-0.4, -0.2) is 55.8 Å².